The fraction of sp³-hybridized carbons (Fsp3) is 0.250. The Morgan fingerprint density at radius 1 is 0.824 bits per heavy atom. The third-order valence-corrected chi connectivity index (χ3v) is 4.84. The second kappa shape index (κ2) is 5.67. The summed E-state index contributed by atoms with van der Waals surface area (Å²) in [4.78, 5) is 0. The third kappa shape index (κ3) is 2.71. The van der Waals surface area contributed by atoms with Crippen LogP contribution in [0.2, 0.25) is 0 Å². The molecule has 0 fully saturated rings. The van der Waals surface area contributed by atoms with Crippen molar-refractivity contribution in [2.45, 2.75) is 23.2 Å². The zero-order valence-electron chi connectivity index (χ0n) is 10.1. The Morgan fingerprint density at radius 3 is 1.59 bits per heavy atom. The number of benzene rings is 2. The fourth-order valence-electron chi connectivity index (χ4n) is 2.20. The molecule has 0 spiro atoms. The van der Waals surface area contributed by atoms with Gasteiger partial charge >= 0.3 is 0 Å². The minimum Gasteiger partial charge on any atom is -0.0684 e. The van der Waals surface area contributed by atoms with Crippen LogP contribution in [0.1, 0.15) is 30.9 Å². The van der Waals surface area contributed by atoms with E-state index in [9.17, 15) is 0 Å². The van der Waals surface area contributed by atoms with Crippen molar-refractivity contribution in [1.82, 2.24) is 0 Å². The Balaban J connectivity index is 2.47. The van der Waals surface area contributed by atoms with Crippen molar-refractivity contribution in [2.75, 3.05) is 0 Å². The molecule has 0 N–H and O–H groups in total. The van der Waals surface area contributed by atoms with Crippen molar-refractivity contribution in [2.24, 2.45) is 0 Å². The average molecular weight is 336 g/mol. The molecule has 2 aromatic carbocycles. The smallest absolute Gasteiger partial charge is 0.0684 e. The van der Waals surface area contributed by atoms with Gasteiger partial charge in [0.2, 0.25) is 0 Å². The molecular formula is C16H17I. The minimum absolute atomic E-state index is 0.106. The zero-order chi connectivity index (χ0) is 12.1. The Hall–Kier alpha value is -0.830. The lowest BCUT2D eigenvalue weighted by molar-refractivity contribution is 0.673. The number of hydrogen-bond donors (Lipinski definition) is 0. The lowest BCUT2D eigenvalue weighted by Gasteiger charge is -2.28. The van der Waals surface area contributed by atoms with Crippen molar-refractivity contribution in [1.29, 1.82) is 0 Å². The highest BCUT2D eigenvalue weighted by Crippen LogP contribution is 2.42. The van der Waals surface area contributed by atoms with E-state index in [1.165, 1.54) is 24.0 Å². The maximum absolute atomic E-state index is 2.61. The normalized spacial score (nSPS) is 11.4. The van der Waals surface area contributed by atoms with E-state index in [0.717, 1.165) is 0 Å². The minimum atomic E-state index is 0.106. The summed E-state index contributed by atoms with van der Waals surface area (Å²) in [7, 11) is 0. The van der Waals surface area contributed by atoms with E-state index in [1.807, 2.05) is 0 Å². The summed E-state index contributed by atoms with van der Waals surface area (Å²) in [5.41, 5.74) is 2.79. The van der Waals surface area contributed by atoms with Crippen molar-refractivity contribution < 1.29 is 0 Å². The molecule has 88 valence electrons. The highest BCUT2D eigenvalue weighted by Gasteiger charge is 2.29. The molecule has 17 heavy (non-hydrogen) atoms. The lowest BCUT2D eigenvalue weighted by Crippen LogP contribution is -2.19. The molecule has 0 radical (unpaired) electrons. The van der Waals surface area contributed by atoms with Crippen LogP contribution in [-0.2, 0) is 3.42 Å². The van der Waals surface area contributed by atoms with Crippen LogP contribution in [-0.4, -0.2) is 0 Å². The first kappa shape index (κ1) is 12.6. The van der Waals surface area contributed by atoms with E-state index in [-0.39, 0.29) is 3.42 Å². The molecule has 2 aromatic rings. The summed E-state index contributed by atoms with van der Waals surface area (Å²) in [6.07, 6.45) is 2.36. The molecular weight excluding hydrogens is 319 g/mol. The molecule has 0 aliphatic heterocycles. The van der Waals surface area contributed by atoms with Gasteiger partial charge in [0.05, 0.1) is 3.42 Å². The van der Waals surface area contributed by atoms with Gasteiger partial charge in [-0.2, -0.15) is 0 Å². The van der Waals surface area contributed by atoms with Crippen molar-refractivity contribution >= 4 is 22.6 Å². The van der Waals surface area contributed by atoms with Crippen molar-refractivity contribution in [3.8, 4) is 0 Å². The van der Waals surface area contributed by atoms with Crippen LogP contribution >= 0.6 is 22.6 Å². The van der Waals surface area contributed by atoms with Crippen molar-refractivity contribution in [3.63, 3.8) is 0 Å². The number of alkyl halides is 1. The molecule has 0 heterocycles. The van der Waals surface area contributed by atoms with Gasteiger partial charge in [0.25, 0.3) is 0 Å². The van der Waals surface area contributed by atoms with Gasteiger partial charge in [-0.25, -0.2) is 0 Å². The van der Waals surface area contributed by atoms with Crippen LogP contribution in [0.4, 0.5) is 0 Å². The fourth-order valence-corrected chi connectivity index (χ4v) is 3.46. The molecule has 0 bridgehead atoms. The Morgan fingerprint density at radius 2 is 1.24 bits per heavy atom. The van der Waals surface area contributed by atoms with Gasteiger partial charge < -0.3 is 0 Å². The summed E-state index contributed by atoms with van der Waals surface area (Å²) >= 11 is 2.61. The van der Waals surface area contributed by atoms with Gasteiger partial charge in [-0.15, -0.1) is 0 Å². The number of halogens is 1. The van der Waals surface area contributed by atoms with Crippen LogP contribution in [0.5, 0.6) is 0 Å². The predicted octanol–water partition coefficient (Wildman–Crippen LogP) is 5.17. The van der Waals surface area contributed by atoms with E-state index >= 15 is 0 Å². The highest BCUT2D eigenvalue weighted by atomic mass is 127. The molecule has 0 aromatic heterocycles. The maximum atomic E-state index is 2.61. The summed E-state index contributed by atoms with van der Waals surface area (Å²) in [5.74, 6) is 0. The number of rotatable bonds is 4. The highest BCUT2D eigenvalue weighted by molar-refractivity contribution is 14.1. The summed E-state index contributed by atoms with van der Waals surface area (Å²) < 4.78 is 0.106. The van der Waals surface area contributed by atoms with Gasteiger partial charge in [0, 0.05) is 0 Å². The van der Waals surface area contributed by atoms with Crippen LogP contribution in [0.25, 0.3) is 0 Å². The molecule has 0 nitrogen and oxygen atoms in total. The van der Waals surface area contributed by atoms with Gasteiger partial charge in [0.15, 0.2) is 0 Å². The Kier molecular flexibility index (Phi) is 4.21. The van der Waals surface area contributed by atoms with E-state index in [0.29, 0.717) is 0 Å². The largest absolute Gasteiger partial charge is 0.0718 e. The SMILES string of the molecule is CCCC(I)(c1ccccc1)c1ccccc1. The van der Waals surface area contributed by atoms with E-state index < -0.39 is 0 Å². The molecule has 2 rings (SSSR count). The van der Waals surface area contributed by atoms with Gasteiger partial charge in [-0.1, -0.05) is 96.6 Å². The standard InChI is InChI=1S/C16H17I/c1-2-13-16(17,14-9-5-3-6-10-14)15-11-7-4-8-12-15/h3-12H,2,13H2,1H3. The molecule has 0 amide bonds. The number of hydrogen-bond acceptors (Lipinski definition) is 0. The summed E-state index contributed by atoms with van der Waals surface area (Å²) in [6, 6.07) is 21.6. The first-order valence-electron chi connectivity index (χ1n) is 6.07. The van der Waals surface area contributed by atoms with Gasteiger partial charge in [0.1, 0.15) is 0 Å². The van der Waals surface area contributed by atoms with Crippen LogP contribution in [0.3, 0.4) is 0 Å². The first-order chi connectivity index (χ1) is 8.27. The first-order valence-corrected chi connectivity index (χ1v) is 7.15. The van der Waals surface area contributed by atoms with Gasteiger partial charge in [-0.3, -0.25) is 0 Å². The van der Waals surface area contributed by atoms with E-state index in [2.05, 4.69) is 90.2 Å². The molecule has 0 atom stereocenters. The lowest BCUT2D eigenvalue weighted by atomic mass is 9.87. The van der Waals surface area contributed by atoms with Crippen molar-refractivity contribution in [3.05, 3.63) is 71.8 Å². The predicted molar refractivity (Wildman–Crippen MR) is 82.6 cm³/mol. The second-order valence-corrected chi connectivity index (χ2v) is 6.12. The molecule has 0 aliphatic rings. The Labute approximate surface area is 117 Å². The monoisotopic (exact) mass is 336 g/mol. The molecule has 0 unspecified atom stereocenters. The second-order valence-electron chi connectivity index (χ2n) is 4.28. The third-order valence-electron chi connectivity index (χ3n) is 3.06. The quantitative estimate of drug-likeness (QED) is 0.534. The topological polar surface area (TPSA) is 0 Å². The van der Waals surface area contributed by atoms with Crippen LogP contribution in [0, 0.1) is 0 Å². The summed E-state index contributed by atoms with van der Waals surface area (Å²) in [6.45, 7) is 2.25. The van der Waals surface area contributed by atoms with Crippen LogP contribution < -0.4 is 0 Å². The van der Waals surface area contributed by atoms with E-state index in [1.54, 1.807) is 0 Å². The maximum Gasteiger partial charge on any atom is 0.0718 e. The molecule has 0 aliphatic carbocycles. The van der Waals surface area contributed by atoms with E-state index in [4.69, 9.17) is 0 Å². The average Bonchev–Trinajstić information content (AvgIpc) is 2.41. The zero-order valence-corrected chi connectivity index (χ0v) is 12.2. The summed E-state index contributed by atoms with van der Waals surface area (Å²) in [5, 5.41) is 0. The molecule has 0 saturated carbocycles. The van der Waals surface area contributed by atoms with Gasteiger partial charge in [-0.05, 0) is 17.5 Å². The molecule has 0 saturated heterocycles. The molecule has 1 heteroatoms. The van der Waals surface area contributed by atoms with Crippen LogP contribution in [0.15, 0.2) is 60.7 Å². The Bertz CT molecular complexity index is 408.